The van der Waals surface area contributed by atoms with E-state index in [0.717, 1.165) is 53.3 Å². The fraction of sp³-hybridized carbons (Fsp3) is 0.217. The summed E-state index contributed by atoms with van der Waals surface area (Å²) in [6.45, 7) is 4.96. The van der Waals surface area contributed by atoms with Crippen molar-refractivity contribution in [3.8, 4) is 5.75 Å². The quantitative estimate of drug-likeness (QED) is 0.604. The standard InChI is InChI=1S/C23H23N3O2/c1-3-4-13-27-18-10-8-17(9-11-18)22-19-15-16(2)7-12-20(19)24-23(26-25-22)21-6-5-14-28-21/h5-12,14-15H,3-4,13H2,1-2H3,(H,24,26). The van der Waals surface area contributed by atoms with Gasteiger partial charge >= 0.3 is 0 Å². The van der Waals surface area contributed by atoms with Gasteiger partial charge in [0.05, 0.1) is 24.3 Å². The molecule has 0 unspecified atom stereocenters. The molecular formula is C23H23N3O2. The van der Waals surface area contributed by atoms with E-state index in [1.54, 1.807) is 6.26 Å². The number of hydrazone groups is 1. The van der Waals surface area contributed by atoms with E-state index in [0.29, 0.717) is 11.6 Å². The Hall–Kier alpha value is -3.34. The minimum absolute atomic E-state index is 0.588. The smallest absolute Gasteiger partial charge is 0.190 e. The Balaban J connectivity index is 1.69. The third-order valence-corrected chi connectivity index (χ3v) is 4.56. The molecule has 0 radical (unpaired) electrons. The van der Waals surface area contributed by atoms with Gasteiger partial charge in [-0.1, -0.05) is 25.0 Å². The van der Waals surface area contributed by atoms with Crippen LogP contribution in [0, 0.1) is 6.92 Å². The van der Waals surface area contributed by atoms with E-state index in [2.05, 4.69) is 36.5 Å². The number of aryl methyl sites for hydroxylation is 1. The summed E-state index contributed by atoms with van der Waals surface area (Å²) in [5.41, 5.74) is 7.89. The van der Waals surface area contributed by atoms with Crippen molar-refractivity contribution in [3.63, 3.8) is 0 Å². The molecular weight excluding hydrogens is 350 g/mol. The van der Waals surface area contributed by atoms with Crippen molar-refractivity contribution >= 4 is 17.2 Å². The molecule has 0 bridgehead atoms. The molecule has 0 spiro atoms. The molecule has 2 aromatic carbocycles. The maximum absolute atomic E-state index is 5.78. The van der Waals surface area contributed by atoms with Gasteiger partial charge in [-0.25, -0.2) is 4.99 Å². The molecule has 0 fully saturated rings. The number of hydrogen-bond donors (Lipinski definition) is 1. The van der Waals surface area contributed by atoms with E-state index in [4.69, 9.17) is 14.1 Å². The average Bonchev–Trinajstić information content (AvgIpc) is 3.18. The molecule has 0 amide bonds. The Morgan fingerprint density at radius 1 is 1.07 bits per heavy atom. The lowest BCUT2D eigenvalue weighted by molar-refractivity contribution is 0.309. The predicted molar refractivity (Wildman–Crippen MR) is 112 cm³/mol. The van der Waals surface area contributed by atoms with Crippen LogP contribution in [0.4, 0.5) is 5.69 Å². The van der Waals surface area contributed by atoms with Crippen LogP contribution < -0.4 is 10.2 Å². The molecule has 1 aliphatic rings. The van der Waals surface area contributed by atoms with Crippen molar-refractivity contribution in [1.29, 1.82) is 0 Å². The molecule has 0 atom stereocenters. The Morgan fingerprint density at radius 3 is 2.68 bits per heavy atom. The molecule has 0 saturated heterocycles. The second-order valence-corrected chi connectivity index (χ2v) is 6.76. The van der Waals surface area contributed by atoms with E-state index in [-0.39, 0.29) is 0 Å². The van der Waals surface area contributed by atoms with Gasteiger partial charge in [0.15, 0.2) is 11.6 Å². The van der Waals surface area contributed by atoms with Crippen LogP contribution in [-0.4, -0.2) is 18.2 Å². The number of fused-ring (bicyclic) bond motifs is 1. The highest BCUT2D eigenvalue weighted by molar-refractivity contribution is 6.17. The van der Waals surface area contributed by atoms with Gasteiger partial charge in [0.1, 0.15) is 5.75 Å². The van der Waals surface area contributed by atoms with Crippen LogP contribution in [0.25, 0.3) is 0 Å². The second-order valence-electron chi connectivity index (χ2n) is 6.76. The molecule has 0 saturated carbocycles. The molecule has 1 aliphatic heterocycles. The van der Waals surface area contributed by atoms with Crippen LogP contribution >= 0.6 is 0 Å². The van der Waals surface area contributed by atoms with Crippen LogP contribution in [0.1, 0.15) is 42.2 Å². The number of unbranched alkanes of at least 4 members (excludes halogenated alkanes) is 1. The highest BCUT2D eigenvalue weighted by Gasteiger charge is 2.18. The van der Waals surface area contributed by atoms with Gasteiger partial charge in [0, 0.05) is 11.1 Å². The van der Waals surface area contributed by atoms with Crippen LogP contribution in [0.3, 0.4) is 0 Å². The largest absolute Gasteiger partial charge is 0.494 e. The minimum atomic E-state index is 0.588. The first-order chi connectivity index (χ1) is 13.7. The van der Waals surface area contributed by atoms with Crippen molar-refractivity contribution in [2.75, 3.05) is 6.61 Å². The highest BCUT2D eigenvalue weighted by Crippen LogP contribution is 2.27. The maximum Gasteiger partial charge on any atom is 0.190 e. The second kappa shape index (κ2) is 8.13. The van der Waals surface area contributed by atoms with Gasteiger partial charge in [-0.2, -0.15) is 5.10 Å². The fourth-order valence-electron chi connectivity index (χ4n) is 3.04. The SMILES string of the molecule is CCCCOc1ccc(C2=NNC(c3ccco3)=Nc3ccc(C)cc32)cc1. The number of aliphatic imine (C=N–C) groups is 1. The van der Waals surface area contributed by atoms with Crippen LogP contribution in [0.5, 0.6) is 5.75 Å². The summed E-state index contributed by atoms with van der Waals surface area (Å²) < 4.78 is 11.3. The number of nitrogens with one attached hydrogen (secondary N) is 1. The Labute approximate surface area is 164 Å². The number of benzene rings is 2. The normalized spacial score (nSPS) is 13.1. The van der Waals surface area contributed by atoms with E-state index < -0.39 is 0 Å². The molecule has 142 valence electrons. The van der Waals surface area contributed by atoms with E-state index in [1.165, 1.54) is 0 Å². The van der Waals surface area contributed by atoms with Gasteiger partial charge in [0.25, 0.3) is 0 Å². The summed E-state index contributed by atoms with van der Waals surface area (Å²) in [7, 11) is 0. The zero-order valence-corrected chi connectivity index (χ0v) is 16.1. The lowest BCUT2D eigenvalue weighted by Crippen LogP contribution is -2.19. The third-order valence-electron chi connectivity index (χ3n) is 4.56. The van der Waals surface area contributed by atoms with Crippen molar-refractivity contribution in [3.05, 3.63) is 83.3 Å². The lowest BCUT2D eigenvalue weighted by atomic mass is 9.99. The summed E-state index contributed by atoms with van der Waals surface area (Å²) in [6.07, 6.45) is 3.80. The molecule has 1 aromatic heterocycles. The minimum Gasteiger partial charge on any atom is -0.494 e. The Morgan fingerprint density at radius 2 is 1.93 bits per heavy atom. The summed E-state index contributed by atoms with van der Waals surface area (Å²) in [5.74, 6) is 2.11. The first-order valence-electron chi connectivity index (χ1n) is 9.55. The lowest BCUT2D eigenvalue weighted by Gasteiger charge is -2.10. The fourth-order valence-corrected chi connectivity index (χ4v) is 3.04. The molecule has 4 rings (SSSR count). The van der Waals surface area contributed by atoms with E-state index in [9.17, 15) is 0 Å². The van der Waals surface area contributed by atoms with Crippen LogP contribution in [0.2, 0.25) is 0 Å². The van der Waals surface area contributed by atoms with Crippen molar-refractivity contribution in [2.45, 2.75) is 26.7 Å². The summed E-state index contributed by atoms with van der Waals surface area (Å²) >= 11 is 0. The molecule has 28 heavy (non-hydrogen) atoms. The van der Waals surface area contributed by atoms with Crippen molar-refractivity contribution in [2.24, 2.45) is 10.1 Å². The molecule has 5 heteroatoms. The summed E-state index contributed by atoms with van der Waals surface area (Å²) in [5, 5.41) is 4.65. The Bertz CT molecular complexity index is 1000. The van der Waals surface area contributed by atoms with Crippen molar-refractivity contribution < 1.29 is 9.15 Å². The predicted octanol–water partition coefficient (Wildman–Crippen LogP) is 5.20. The average molecular weight is 373 g/mol. The van der Waals surface area contributed by atoms with Gasteiger partial charge < -0.3 is 9.15 Å². The van der Waals surface area contributed by atoms with E-state index >= 15 is 0 Å². The number of rotatable bonds is 6. The summed E-state index contributed by atoms with van der Waals surface area (Å²) in [6, 6.07) is 17.9. The highest BCUT2D eigenvalue weighted by atomic mass is 16.5. The maximum atomic E-state index is 5.78. The number of ether oxygens (including phenoxy) is 1. The molecule has 0 aliphatic carbocycles. The molecule has 2 heterocycles. The molecule has 1 N–H and O–H groups in total. The van der Waals surface area contributed by atoms with Crippen LogP contribution in [0.15, 0.2) is 75.4 Å². The van der Waals surface area contributed by atoms with Gasteiger partial charge in [-0.15, -0.1) is 0 Å². The number of hydrogen-bond acceptors (Lipinski definition) is 5. The molecule has 5 nitrogen and oxygen atoms in total. The first-order valence-corrected chi connectivity index (χ1v) is 9.55. The number of amidine groups is 1. The van der Waals surface area contributed by atoms with Crippen LogP contribution in [-0.2, 0) is 0 Å². The topological polar surface area (TPSA) is 59.1 Å². The monoisotopic (exact) mass is 373 g/mol. The molecule has 3 aromatic rings. The van der Waals surface area contributed by atoms with E-state index in [1.807, 2.05) is 42.5 Å². The third kappa shape index (κ3) is 3.83. The van der Waals surface area contributed by atoms with Gasteiger partial charge in [-0.05, 0) is 61.9 Å². The van der Waals surface area contributed by atoms with Gasteiger partial charge in [-0.3, -0.25) is 5.43 Å². The first kappa shape index (κ1) is 18.0. The van der Waals surface area contributed by atoms with Crippen molar-refractivity contribution in [1.82, 2.24) is 5.43 Å². The zero-order chi connectivity index (χ0) is 19.3. The number of furan rings is 1. The summed E-state index contributed by atoms with van der Waals surface area (Å²) in [4.78, 5) is 4.74. The number of nitrogens with zero attached hydrogens (tertiary/aromatic N) is 2. The Kier molecular flexibility index (Phi) is 5.24. The van der Waals surface area contributed by atoms with Gasteiger partial charge in [0.2, 0.25) is 0 Å². The zero-order valence-electron chi connectivity index (χ0n) is 16.1.